The van der Waals surface area contributed by atoms with Crippen LogP contribution in [-0.2, 0) is 20.9 Å². The van der Waals surface area contributed by atoms with Gasteiger partial charge in [-0.1, -0.05) is 12.1 Å². The van der Waals surface area contributed by atoms with Gasteiger partial charge >= 0.3 is 5.97 Å². The highest BCUT2D eigenvalue weighted by molar-refractivity contribution is 5.95. The largest absolute Gasteiger partial charge is 0.497 e. The Bertz CT molecular complexity index is 813. The number of ether oxygens (including phenoxy) is 2. The van der Waals surface area contributed by atoms with E-state index in [9.17, 15) is 9.59 Å². The molecule has 1 amide bonds. The van der Waals surface area contributed by atoms with Crippen molar-refractivity contribution in [2.45, 2.75) is 32.7 Å². The number of amides is 1. The fourth-order valence-corrected chi connectivity index (χ4v) is 3.20. The van der Waals surface area contributed by atoms with Crippen molar-refractivity contribution in [2.24, 2.45) is 0 Å². The summed E-state index contributed by atoms with van der Waals surface area (Å²) in [6.07, 6.45) is 0.326. The summed E-state index contributed by atoms with van der Waals surface area (Å²) in [5.41, 5.74) is 2.69. The average molecular weight is 343 g/mol. The first kappa shape index (κ1) is 17.0. The molecule has 7 nitrogen and oxygen atoms in total. The lowest BCUT2D eigenvalue weighted by Gasteiger charge is -2.24. The number of hydrogen-bond donors (Lipinski definition) is 1. The number of rotatable bonds is 5. The Morgan fingerprint density at radius 1 is 1.44 bits per heavy atom. The van der Waals surface area contributed by atoms with Gasteiger partial charge in [-0.15, -0.1) is 0 Å². The number of methoxy groups -OCH3 is 1. The Balaban J connectivity index is 2.01. The van der Waals surface area contributed by atoms with Gasteiger partial charge in [0.1, 0.15) is 18.1 Å². The van der Waals surface area contributed by atoms with E-state index in [-0.39, 0.29) is 24.3 Å². The summed E-state index contributed by atoms with van der Waals surface area (Å²) < 4.78 is 11.8. The Morgan fingerprint density at radius 2 is 2.24 bits per heavy atom. The first-order chi connectivity index (χ1) is 12.0. The van der Waals surface area contributed by atoms with E-state index in [2.05, 4.69) is 10.4 Å². The van der Waals surface area contributed by atoms with Crippen LogP contribution in [0.3, 0.4) is 0 Å². The third-order valence-corrected chi connectivity index (χ3v) is 4.25. The van der Waals surface area contributed by atoms with Gasteiger partial charge < -0.3 is 14.8 Å². The van der Waals surface area contributed by atoms with Crippen LogP contribution in [0, 0.1) is 6.92 Å². The molecule has 0 bridgehead atoms. The quantitative estimate of drug-likeness (QED) is 0.842. The molecule has 1 aliphatic rings. The monoisotopic (exact) mass is 343 g/mol. The van der Waals surface area contributed by atoms with Crippen LogP contribution in [-0.4, -0.2) is 35.4 Å². The Kier molecular flexibility index (Phi) is 4.74. The van der Waals surface area contributed by atoms with E-state index in [1.165, 1.54) is 4.68 Å². The molecule has 1 aliphatic heterocycles. The second-order valence-corrected chi connectivity index (χ2v) is 5.89. The van der Waals surface area contributed by atoms with Crippen molar-refractivity contribution in [1.29, 1.82) is 0 Å². The summed E-state index contributed by atoms with van der Waals surface area (Å²) in [5.74, 6) is 0.682. The molecule has 1 aromatic carbocycles. The van der Waals surface area contributed by atoms with Crippen molar-refractivity contribution >= 4 is 17.7 Å². The molecule has 0 saturated carbocycles. The summed E-state index contributed by atoms with van der Waals surface area (Å²) >= 11 is 0. The van der Waals surface area contributed by atoms with Gasteiger partial charge in [-0.25, -0.2) is 4.68 Å². The maximum absolute atomic E-state index is 12.2. The number of carbonyl (C=O) groups excluding carboxylic acids is 2. The predicted molar refractivity (Wildman–Crippen MR) is 91.7 cm³/mol. The molecule has 1 aromatic heterocycles. The van der Waals surface area contributed by atoms with E-state index in [4.69, 9.17) is 9.47 Å². The number of nitrogens with one attached hydrogen (secondary N) is 1. The summed E-state index contributed by atoms with van der Waals surface area (Å²) in [7, 11) is 1.61. The van der Waals surface area contributed by atoms with Crippen LogP contribution in [0.4, 0.5) is 5.82 Å². The lowest BCUT2D eigenvalue weighted by atomic mass is 9.86. The van der Waals surface area contributed by atoms with Crippen molar-refractivity contribution in [2.75, 3.05) is 19.0 Å². The zero-order valence-corrected chi connectivity index (χ0v) is 14.5. The number of hydrogen-bond acceptors (Lipinski definition) is 5. The molecule has 0 radical (unpaired) electrons. The third-order valence-electron chi connectivity index (χ3n) is 4.25. The molecule has 1 N–H and O–H groups in total. The lowest BCUT2D eigenvalue weighted by molar-refractivity contribution is -0.144. The molecule has 25 heavy (non-hydrogen) atoms. The first-order valence-corrected chi connectivity index (χ1v) is 8.20. The van der Waals surface area contributed by atoms with Crippen molar-refractivity contribution in [3.63, 3.8) is 0 Å². The van der Waals surface area contributed by atoms with Crippen molar-refractivity contribution in [1.82, 2.24) is 9.78 Å². The standard InChI is InChI=1S/C18H21N3O4/c1-4-25-16(23)10-21-18-17(11(2)20-21)14(9-15(22)19-18)12-6-5-7-13(8-12)24-3/h5-8,14H,4,9-10H2,1-3H3,(H,19,22)/t14-/m1/s1. The molecule has 7 heteroatoms. The number of carbonyl (C=O) groups is 2. The number of fused-ring (bicyclic) bond motifs is 1. The van der Waals surface area contributed by atoms with Gasteiger partial charge in [0.15, 0.2) is 0 Å². The van der Waals surface area contributed by atoms with Gasteiger partial charge in [0.25, 0.3) is 0 Å². The normalized spacial score (nSPS) is 16.1. The van der Waals surface area contributed by atoms with Crippen LogP contribution in [0.15, 0.2) is 24.3 Å². The highest BCUT2D eigenvalue weighted by Gasteiger charge is 2.32. The zero-order chi connectivity index (χ0) is 18.0. The van der Waals surface area contributed by atoms with E-state index in [0.717, 1.165) is 22.6 Å². The maximum atomic E-state index is 12.2. The molecule has 132 valence electrons. The first-order valence-electron chi connectivity index (χ1n) is 8.20. The molecule has 0 aliphatic carbocycles. The number of esters is 1. The van der Waals surface area contributed by atoms with Crippen molar-refractivity contribution < 1.29 is 19.1 Å². The van der Waals surface area contributed by atoms with Gasteiger partial charge in [-0.05, 0) is 31.5 Å². The number of nitrogens with zero attached hydrogens (tertiary/aromatic N) is 2. The molecule has 0 saturated heterocycles. The molecule has 2 aromatic rings. The van der Waals surface area contributed by atoms with Crippen LogP contribution >= 0.6 is 0 Å². The minimum atomic E-state index is -0.384. The van der Waals surface area contributed by atoms with Gasteiger partial charge in [0.05, 0.1) is 19.4 Å². The highest BCUT2D eigenvalue weighted by atomic mass is 16.5. The van der Waals surface area contributed by atoms with Crippen LogP contribution in [0.25, 0.3) is 0 Å². The minimum Gasteiger partial charge on any atom is -0.497 e. The predicted octanol–water partition coefficient (Wildman–Crippen LogP) is 2.24. The number of aromatic nitrogens is 2. The van der Waals surface area contributed by atoms with Crippen LogP contribution in [0.5, 0.6) is 5.75 Å². The van der Waals surface area contributed by atoms with E-state index < -0.39 is 0 Å². The maximum Gasteiger partial charge on any atom is 0.327 e. The van der Waals surface area contributed by atoms with Crippen LogP contribution in [0.2, 0.25) is 0 Å². The molecular weight excluding hydrogens is 322 g/mol. The Labute approximate surface area is 145 Å². The second kappa shape index (κ2) is 6.96. The minimum absolute atomic E-state index is 0.0326. The van der Waals surface area contributed by atoms with Crippen molar-refractivity contribution in [3.05, 3.63) is 41.1 Å². The highest BCUT2D eigenvalue weighted by Crippen LogP contribution is 2.39. The molecule has 0 unspecified atom stereocenters. The number of anilines is 1. The molecule has 0 fully saturated rings. The summed E-state index contributed by atoms with van der Waals surface area (Å²) in [6.45, 7) is 3.91. The van der Waals surface area contributed by atoms with E-state index >= 15 is 0 Å². The number of aryl methyl sites for hydroxylation is 1. The third kappa shape index (κ3) is 3.35. The van der Waals surface area contributed by atoms with Gasteiger partial charge in [0.2, 0.25) is 5.91 Å². The molecular formula is C18H21N3O4. The number of benzene rings is 1. The summed E-state index contributed by atoms with van der Waals surface area (Å²) in [4.78, 5) is 24.0. The van der Waals surface area contributed by atoms with Gasteiger partial charge in [-0.2, -0.15) is 5.10 Å². The van der Waals surface area contributed by atoms with E-state index in [1.807, 2.05) is 31.2 Å². The average Bonchev–Trinajstić information content (AvgIpc) is 2.90. The Morgan fingerprint density at radius 3 is 2.96 bits per heavy atom. The van der Waals surface area contributed by atoms with E-state index in [1.54, 1.807) is 14.0 Å². The topological polar surface area (TPSA) is 82.5 Å². The molecule has 1 atom stereocenters. The van der Waals surface area contributed by atoms with Gasteiger partial charge in [-0.3, -0.25) is 9.59 Å². The Hall–Kier alpha value is -2.83. The molecule has 2 heterocycles. The summed E-state index contributed by atoms with van der Waals surface area (Å²) in [5, 5.41) is 7.28. The fourth-order valence-electron chi connectivity index (χ4n) is 3.20. The summed E-state index contributed by atoms with van der Waals surface area (Å²) in [6, 6.07) is 7.66. The molecule has 0 spiro atoms. The smallest absolute Gasteiger partial charge is 0.327 e. The zero-order valence-electron chi connectivity index (χ0n) is 14.5. The SMILES string of the molecule is CCOC(=O)Cn1nc(C)c2c1NC(=O)C[C@@H]2c1cccc(OC)c1. The van der Waals surface area contributed by atoms with Gasteiger partial charge in [0, 0.05) is 17.9 Å². The molecule has 3 rings (SSSR count). The lowest BCUT2D eigenvalue weighted by Crippen LogP contribution is -2.26. The van der Waals surface area contributed by atoms with Crippen LogP contribution < -0.4 is 10.1 Å². The van der Waals surface area contributed by atoms with E-state index in [0.29, 0.717) is 18.8 Å². The second-order valence-electron chi connectivity index (χ2n) is 5.89. The van der Waals surface area contributed by atoms with Crippen LogP contribution in [0.1, 0.15) is 36.1 Å². The van der Waals surface area contributed by atoms with Crippen molar-refractivity contribution in [3.8, 4) is 5.75 Å². The fraction of sp³-hybridized carbons (Fsp3) is 0.389.